The second-order valence-corrected chi connectivity index (χ2v) is 5.33. The van der Waals surface area contributed by atoms with E-state index in [9.17, 15) is 4.39 Å². The fourth-order valence-electron chi connectivity index (χ4n) is 2.13. The number of aromatic nitrogens is 2. The van der Waals surface area contributed by atoms with Gasteiger partial charge in [0.2, 0.25) is 0 Å². The Balaban J connectivity index is 2.24. The van der Waals surface area contributed by atoms with Crippen molar-refractivity contribution in [2.24, 2.45) is 7.05 Å². The zero-order valence-corrected chi connectivity index (χ0v) is 13.3. The molecule has 1 heterocycles. The highest BCUT2D eigenvalue weighted by molar-refractivity contribution is 6.31. The van der Waals surface area contributed by atoms with Gasteiger partial charge >= 0.3 is 0 Å². The molecule has 2 rings (SSSR count). The maximum atomic E-state index is 13.4. The van der Waals surface area contributed by atoms with E-state index in [2.05, 4.69) is 10.4 Å². The Labute approximate surface area is 128 Å². The number of aryl methyl sites for hydroxylation is 2. The molecule has 0 aliphatic heterocycles. The summed E-state index contributed by atoms with van der Waals surface area (Å²) in [6, 6.07) is 4.49. The quantitative estimate of drug-likeness (QED) is 0.920. The Kier molecular flexibility index (Phi) is 4.85. The maximum Gasteiger partial charge on any atom is 0.131 e. The molecule has 6 heteroatoms. The number of hydrogen-bond donors (Lipinski definition) is 1. The molecule has 0 fully saturated rings. The Morgan fingerprint density at radius 1 is 1.48 bits per heavy atom. The molecule has 1 aromatic carbocycles. The van der Waals surface area contributed by atoms with Crippen molar-refractivity contribution in [3.63, 3.8) is 0 Å². The molecule has 0 saturated heterocycles. The van der Waals surface area contributed by atoms with Gasteiger partial charge in [0.1, 0.15) is 18.2 Å². The lowest BCUT2D eigenvalue weighted by Crippen LogP contribution is -2.14. The lowest BCUT2D eigenvalue weighted by Gasteiger charge is -2.16. The third-order valence-corrected chi connectivity index (χ3v) is 3.99. The Hall–Kier alpha value is -1.59. The van der Waals surface area contributed by atoms with Gasteiger partial charge in [0.25, 0.3) is 0 Å². The maximum absolute atomic E-state index is 13.4. The summed E-state index contributed by atoms with van der Waals surface area (Å²) in [5.74, 6) is 0.349. The summed E-state index contributed by atoms with van der Waals surface area (Å²) >= 11 is 6.20. The molecule has 0 aliphatic rings. The van der Waals surface area contributed by atoms with Gasteiger partial charge in [0, 0.05) is 18.7 Å². The molecular weight excluding hydrogens is 293 g/mol. The van der Waals surface area contributed by atoms with Crippen molar-refractivity contribution in [3.8, 4) is 5.75 Å². The van der Waals surface area contributed by atoms with E-state index >= 15 is 0 Å². The largest absolute Gasteiger partial charge is 0.487 e. The van der Waals surface area contributed by atoms with E-state index in [1.165, 1.54) is 12.1 Å². The first-order valence-corrected chi connectivity index (χ1v) is 7.09. The number of rotatable bonds is 5. The first kappa shape index (κ1) is 15.8. The van der Waals surface area contributed by atoms with Gasteiger partial charge in [-0.3, -0.25) is 4.68 Å². The number of ether oxygens (including phenoxy) is 1. The van der Waals surface area contributed by atoms with Gasteiger partial charge in [-0.1, -0.05) is 11.6 Å². The summed E-state index contributed by atoms with van der Waals surface area (Å²) in [5.41, 5.74) is 2.33. The van der Waals surface area contributed by atoms with E-state index in [0.29, 0.717) is 10.8 Å². The van der Waals surface area contributed by atoms with E-state index in [4.69, 9.17) is 16.3 Å². The van der Waals surface area contributed by atoms with Crippen molar-refractivity contribution >= 4 is 11.6 Å². The van der Waals surface area contributed by atoms with Crippen molar-refractivity contribution in [1.29, 1.82) is 0 Å². The van der Waals surface area contributed by atoms with Gasteiger partial charge in [-0.05, 0) is 39.1 Å². The molecule has 114 valence electrons. The summed E-state index contributed by atoms with van der Waals surface area (Å²) in [4.78, 5) is 0. The summed E-state index contributed by atoms with van der Waals surface area (Å²) in [7, 11) is 3.64. The lowest BCUT2D eigenvalue weighted by atomic mass is 10.1. The highest BCUT2D eigenvalue weighted by Crippen LogP contribution is 2.28. The van der Waals surface area contributed by atoms with Crippen LogP contribution >= 0.6 is 11.6 Å². The van der Waals surface area contributed by atoms with Crippen LogP contribution in [0.5, 0.6) is 5.75 Å². The number of nitrogens with zero attached hydrogens (tertiary/aromatic N) is 2. The predicted molar refractivity (Wildman–Crippen MR) is 81.2 cm³/mol. The molecule has 1 atom stereocenters. The standard InChI is InChI=1S/C15H19ClFN3O/c1-9(18-3)12-7-11(17)5-6-14(12)21-8-13-15(16)10(2)19-20(13)4/h5-7,9,18H,8H2,1-4H3. The molecule has 1 aromatic heterocycles. The normalized spacial score (nSPS) is 12.5. The van der Waals surface area contributed by atoms with Crippen LogP contribution < -0.4 is 10.1 Å². The van der Waals surface area contributed by atoms with Crippen molar-refractivity contribution in [2.45, 2.75) is 26.5 Å². The minimum Gasteiger partial charge on any atom is -0.487 e. The van der Waals surface area contributed by atoms with Gasteiger partial charge in [-0.25, -0.2) is 4.39 Å². The number of hydrogen-bond acceptors (Lipinski definition) is 3. The molecule has 0 amide bonds. The minimum absolute atomic E-state index is 0.0144. The van der Waals surface area contributed by atoms with Crippen molar-refractivity contribution in [1.82, 2.24) is 15.1 Å². The average Bonchev–Trinajstić information content (AvgIpc) is 2.70. The minimum atomic E-state index is -0.283. The highest BCUT2D eigenvalue weighted by Gasteiger charge is 2.15. The Bertz CT molecular complexity index is 642. The molecule has 0 radical (unpaired) electrons. The molecule has 0 aliphatic carbocycles. The van der Waals surface area contributed by atoms with Crippen molar-refractivity contribution < 1.29 is 9.13 Å². The number of nitrogens with one attached hydrogen (secondary N) is 1. The van der Waals surface area contributed by atoms with Crippen LogP contribution in [-0.2, 0) is 13.7 Å². The van der Waals surface area contributed by atoms with Crippen LogP contribution in [-0.4, -0.2) is 16.8 Å². The molecule has 1 N–H and O–H groups in total. The molecule has 2 aromatic rings. The van der Waals surface area contributed by atoms with Crippen LogP contribution in [0.1, 0.15) is 29.9 Å². The monoisotopic (exact) mass is 311 g/mol. The van der Waals surface area contributed by atoms with E-state index < -0.39 is 0 Å². The van der Waals surface area contributed by atoms with Crippen molar-refractivity contribution in [2.75, 3.05) is 7.05 Å². The molecule has 4 nitrogen and oxygen atoms in total. The topological polar surface area (TPSA) is 39.1 Å². The van der Waals surface area contributed by atoms with Crippen LogP contribution in [0.15, 0.2) is 18.2 Å². The molecular formula is C15H19ClFN3O. The molecule has 0 bridgehead atoms. The van der Waals surface area contributed by atoms with Crippen LogP contribution in [0.3, 0.4) is 0 Å². The predicted octanol–water partition coefficient (Wildman–Crippen LogP) is 3.38. The van der Waals surface area contributed by atoms with Crippen LogP contribution in [0, 0.1) is 12.7 Å². The Morgan fingerprint density at radius 3 is 2.76 bits per heavy atom. The number of benzene rings is 1. The third-order valence-electron chi connectivity index (χ3n) is 3.50. The second kappa shape index (κ2) is 6.45. The third kappa shape index (κ3) is 3.36. The number of halogens is 2. The molecule has 0 spiro atoms. The summed E-state index contributed by atoms with van der Waals surface area (Å²) in [6.45, 7) is 4.08. The summed E-state index contributed by atoms with van der Waals surface area (Å²) < 4.78 is 20.9. The van der Waals surface area contributed by atoms with Crippen LogP contribution in [0.25, 0.3) is 0 Å². The Morgan fingerprint density at radius 2 is 2.19 bits per heavy atom. The van der Waals surface area contributed by atoms with Crippen molar-refractivity contribution in [3.05, 3.63) is 46.0 Å². The van der Waals surface area contributed by atoms with Crippen LogP contribution in [0.4, 0.5) is 4.39 Å². The SMILES string of the molecule is CNC(C)c1cc(F)ccc1OCc1c(Cl)c(C)nn1C. The van der Waals surface area contributed by atoms with E-state index in [1.807, 2.05) is 27.9 Å². The summed E-state index contributed by atoms with van der Waals surface area (Å²) in [5, 5.41) is 7.93. The second-order valence-electron chi connectivity index (χ2n) is 4.95. The fraction of sp³-hybridized carbons (Fsp3) is 0.400. The highest BCUT2D eigenvalue weighted by atomic mass is 35.5. The zero-order chi connectivity index (χ0) is 15.6. The zero-order valence-electron chi connectivity index (χ0n) is 12.6. The molecule has 21 heavy (non-hydrogen) atoms. The lowest BCUT2D eigenvalue weighted by molar-refractivity contribution is 0.289. The average molecular weight is 312 g/mol. The van der Waals surface area contributed by atoms with Gasteiger partial charge < -0.3 is 10.1 Å². The van der Waals surface area contributed by atoms with Gasteiger partial charge in [-0.15, -0.1) is 0 Å². The molecule has 0 saturated carbocycles. The van der Waals surface area contributed by atoms with Gasteiger partial charge in [0.05, 0.1) is 16.4 Å². The van der Waals surface area contributed by atoms with E-state index in [0.717, 1.165) is 17.0 Å². The van der Waals surface area contributed by atoms with E-state index in [-0.39, 0.29) is 18.5 Å². The summed E-state index contributed by atoms with van der Waals surface area (Å²) in [6.07, 6.45) is 0. The molecule has 1 unspecified atom stereocenters. The smallest absolute Gasteiger partial charge is 0.131 e. The first-order valence-electron chi connectivity index (χ1n) is 6.71. The van der Waals surface area contributed by atoms with E-state index in [1.54, 1.807) is 10.7 Å². The van der Waals surface area contributed by atoms with Crippen LogP contribution in [0.2, 0.25) is 5.02 Å². The first-order chi connectivity index (χ1) is 9.93. The van der Waals surface area contributed by atoms with Gasteiger partial charge in [0.15, 0.2) is 0 Å². The van der Waals surface area contributed by atoms with Gasteiger partial charge in [-0.2, -0.15) is 5.10 Å². The fourth-order valence-corrected chi connectivity index (χ4v) is 2.34.